The topological polar surface area (TPSA) is 163 Å². The summed E-state index contributed by atoms with van der Waals surface area (Å²) in [7, 11) is 3.90. The maximum Gasteiger partial charge on any atom is 0.409 e. The van der Waals surface area contributed by atoms with Gasteiger partial charge >= 0.3 is 6.09 Å². The van der Waals surface area contributed by atoms with Crippen LogP contribution in [0.1, 0.15) is 50.9 Å². The number of nitrogens with one attached hydrogen (secondary N) is 4. The number of halogens is 1. The van der Waals surface area contributed by atoms with Crippen molar-refractivity contribution in [2.24, 2.45) is 11.3 Å². The molecular formula is C26H36ClN5O7. The second-order valence-corrected chi connectivity index (χ2v) is 11.0. The van der Waals surface area contributed by atoms with Crippen LogP contribution in [0.5, 0.6) is 0 Å². The summed E-state index contributed by atoms with van der Waals surface area (Å²) in [4.78, 5) is 77.3. The molecule has 4 atom stereocenters. The molecule has 1 fully saturated rings. The van der Waals surface area contributed by atoms with Crippen LogP contribution in [0.25, 0.3) is 0 Å². The molecule has 214 valence electrons. The van der Waals surface area contributed by atoms with E-state index in [1.807, 2.05) is 6.92 Å². The fraction of sp³-hybridized carbons (Fsp3) is 0.538. The first-order chi connectivity index (χ1) is 18.1. The summed E-state index contributed by atoms with van der Waals surface area (Å²) in [6.45, 7) is 7.11. The molecule has 0 aliphatic carbocycles. The fourth-order valence-corrected chi connectivity index (χ4v) is 4.78. The third kappa shape index (κ3) is 7.92. The average molecular weight is 566 g/mol. The number of Topliss-reactive ketones (excluding diaryl/α,β-unsaturated/α-hetero) is 1. The molecule has 0 bridgehead atoms. The van der Waals surface area contributed by atoms with Crippen LogP contribution in [0.15, 0.2) is 18.2 Å². The van der Waals surface area contributed by atoms with Crippen molar-refractivity contribution >= 4 is 52.8 Å². The van der Waals surface area contributed by atoms with Gasteiger partial charge in [0.25, 0.3) is 11.8 Å². The summed E-state index contributed by atoms with van der Waals surface area (Å²) in [5.74, 6) is -4.09. The minimum atomic E-state index is -1.31. The van der Waals surface area contributed by atoms with Gasteiger partial charge < -0.3 is 26.0 Å². The van der Waals surface area contributed by atoms with Crippen molar-refractivity contribution in [3.63, 3.8) is 0 Å². The van der Waals surface area contributed by atoms with Gasteiger partial charge in [0.15, 0.2) is 0 Å². The van der Waals surface area contributed by atoms with E-state index in [-0.39, 0.29) is 34.6 Å². The van der Waals surface area contributed by atoms with Crippen molar-refractivity contribution in [1.82, 2.24) is 20.9 Å². The number of benzene rings is 1. The minimum absolute atomic E-state index is 0.0628. The first-order valence-corrected chi connectivity index (χ1v) is 12.8. The second-order valence-electron chi connectivity index (χ2n) is 10.6. The van der Waals surface area contributed by atoms with Crippen LogP contribution in [-0.4, -0.2) is 79.7 Å². The van der Waals surface area contributed by atoms with Gasteiger partial charge in [-0.1, -0.05) is 32.4 Å². The molecule has 0 saturated carbocycles. The Morgan fingerprint density at radius 3 is 2.36 bits per heavy atom. The lowest BCUT2D eigenvalue weighted by Crippen LogP contribution is -2.52. The predicted molar refractivity (Wildman–Crippen MR) is 144 cm³/mol. The number of rotatable bonds is 9. The number of hydrogen-bond donors (Lipinski definition) is 4. The van der Waals surface area contributed by atoms with Gasteiger partial charge in [0.05, 0.1) is 24.4 Å². The van der Waals surface area contributed by atoms with E-state index in [1.54, 1.807) is 20.8 Å². The Hall–Kier alpha value is -3.67. The molecule has 13 heteroatoms. The zero-order chi connectivity index (χ0) is 29.7. The van der Waals surface area contributed by atoms with Gasteiger partial charge in [-0.25, -0.2) is 4.79 Å². The molecule has 2 unspecified atom stereocenters. The van der Waals surface area contributed by atoms with Crippen LogP contribution in [0.4, 0.5) is 10.5 Å². The predicted octanol–water partition coefficient (Wildman–Crippen LogP) is 1.72. The maximum atomic E-state index is 13.4. The molecule has 0 aromatic heterocycles. The van der Waals surface area contributed by atoms with Gasteiger partial charge in [-0.15, -0.1) is 0 Å². The Morgan fingerprint density at radius 1 is 1.21 bits per heavy atom. The first-order valence-electron chi connectivity index (χ1n) is 12.4. The smallest absolute Gasteiger partial charge is 0.409 e. The lowest BCUT2D eigenvalue weighted by atomic mass is 9.85. The third-order valence-corrected chi connectivity index (χ3v) is 6.63. The molecule has 0 spiro atoms. The number of hydrogen-bond acceptors (Lipinski definition) is 7. The van der Waals surface area contributed by atoms with Gasteiger partial charge in [-0.05, 0) is 43.4 Å². The standard InChI is InChI=1S/C26H36ClN5O7/c1-13-10-14(21(34)29-13)11-18(19(33)23(36)28-5)31-22(35)16-12-15(27)8-9-17(16)30-24(37)20(26(2,3)4)32(6)25(38)39-7/h8-9,12-14,18,20H,10-11H2,1-7H3,(H,28,36)(H,29,34)(H,30,37)(H,31,35)/t13-,14+,18?,20?/m1/s1. The Kier molecular flexibility index (Phi) is 10.5. The fourth-order valence-electron chi connectivity index (χ4n) is 4.60. The number of nitrogens with zero attached hydrogens (tertiary/aromatic N) is 1. The van der Waals surface area contributed by atoms with E-state index in [4.69, 9.17) is 16.3 Å². The molecule has 4 N–H and O–H groups in total. The summed E-state index contributed by atoms with van der Waals surface area (Å²) in [6.07, 6.45) is -0.376. The monoisotopic (exact) mass is 565 g/mol. The largest absolute Gasteiger partial charge is 0.453 e. The Labute approximate surface area is 232 Å². The van der Waals surface area contributed by atoms with Crippen molar-refractivity contribution in [2.45, 2.75) is 58.7 Å². The summed E-state index contributed by atoms with van der Waals surface area (Å²) in [6, 6.07) is 1.77. The van der Waals surface area contributed by atoms with E-state index in [0.717, 1.165) is 4.90 Å². The molecule has 0 radical (unpaired) electrons. The van der Waals surface area contributed by atoms with E-state index < -0.39 is 53.0 Å². The van der Waals surface area contributed by atoms with Gasteiger partial charge in [-0.2, -0.15) is 0 Å². The molecular weight excluding hydrogens is 530 g/mol. The van der Waals surface area contributed by atoms with Crippen molar-refractivity contribution in [3.8, 4) is 0 Å². The Morgan fingerprint density at radius 2 is 1.85 bits per heavy atom. The summed E-state index contributed by atoms with van der Waals surface area (Å²) in [5, 5.41) is 10.4. The number of methoxy groups -OCH3 is 1. The molecule has 1 heterocycles. The molecule has 1 aromatic rings. The molecule has 1 aliphatic rings. The quantitative estimate of drug-likeness (QED) is 0.331. The van der Waals surface area contributed by atoms with Crippen molar-refractivity contribution < 1.29 is 33.5 Å². The van der Waals surface area contributed by atoms with Crippen molar-refractivity contribution in [3.05, 3.63) is 28.8 Å². The summed E-state index contributed by atoms with van der Waals surface area (Å²) < 4.78 is 4.76. The van der Waals surface area contributed by atoms with E-state index in [1.165, 1.54) is 39.4 Å². The molecule has 1 aromatic carbocycles. The highest BCUT2D eigenvalue weighted by atomic mass is 35.5. The third-order valence-electron chi connectivity index (χ3n) is 6.39. The highest BCUT2D eigenvalue weighted by Crippen LogP contribution is 2.28. The molecule has 39 heavy (non-hydrogen) atoms. The normalized spacial score (nSPS) is 18.3. The SMILES string of the molecule is CNC(=O)C(=O)C(C[C@@H]1C[C@@H](C)NC1=O)NC(=O)c1cc(Cl)ccc1NC(=O)C(N(C)C(=O)OC)C(C)(C)C. The molecule has 12 nitrogen and oxygen atoms in total. The summed E-state index contributed by atoms with van der Waals surface area (Å²) in [5.41, 5.74) is -0.734. The van der Waals surface area contributed by atoms with E-state index >= 15 is 0 Å². The van der Waals surface area contributed by atoms with Crippen LogP contribution in [0, 0.1) is 11.3 Å². The van der Waals surface area contributed by atoms with Crippen LogP contribution in [0.2, 0.25) is 5.02 Å². The Balaban J connectivity index is 2.38. The van der Waals surface area contributed by atoms with E-state index in [9.17, 15) is 28.8 Å². The van der Waals surface area contributed by atoms with Gasteiger partial charge in [0.2, 0.25) is 17.6 Å². The molecule has 5 amide bonds. The van der Waals surface area contributed by atoms with Gasteiger partial charge in [0.1, 0.15) is 6.04 Å². The van der Waals surface area contributed by atoms with Crippen molar-refractivity contribution in [1.29, 1.82) is 0 Å². The zero-order valence-electron chi connectivity index (χ0n) is 23.1. The van der Waals surface area contributed by atoms with Crippen LogP contribution in [0.3, 0.4) is 0 Å². The van der Waals surface area contributed by atoms with E-state index in [2.05, 4.69) is 21.3 Å². The van der Waals surface area contributed by atoms with Crippen LogP contribution in [-0.2, 0) is 23.9 Å². The molecule has 1 saturated heterocycles. The number of amides is 5. The van der Waals surface area contributed by atoms with Gasteiger partial charge in [0, 0.05) is 31.1 Å². The number of ketones is 1. The molecule has 2 rings (SSSR count). The lowest BCUT2D eigenvalue weighted by Gasteiger charge is -2.35. The second kappa shape index (κ2) is 12.9. The number of ether oxygens (including phenoxy) is 1. The van der Waals surface area contributed by atoms with E-state index in [0.29, 0.717) is 6.42 Å². The van der Waals surface area contributed by atoms with Crippen LogP contribution < -0.4 is 21.3 Å². The van der Waals surface area contributed by atoms with Crippen LogP contribution >= 0.6 is 11.6 Å². The number of carbonyl (C=O) groups is 6. The number of likely N-dealkylation sites (N-methyl/N-ethyl adjacent to an activating group) is 2. The molecule has 1 aliphatic heterocycles. The number of anilines is 1. The minimum Gasteiger partial charge on any atom is -0.453 e. The maximum absolute atomic E-state index is 13.4. The highest BCUT2D eigenvalue weighted by molar-refractivity contribution is 6.38. The lowest BCUT2D eigenvalue weighted by molar-refractivity contribution is -0.139. The van der Waals surface area contributed by atoms with Crippen molar-refractivity contribution in [2.75, 3.05) is 26.5 Å². The zero-order valence-corrected chi connectivity index (χ0v) is 23.9. The first kappa shape index (κ1) is 31.5. The number of carbonyl (C=O) groups excluding carboxylic acids is 6. The highest BCUT2D eigenvalue weighted by Gasteiger charge is 2.39. The van der Waals surface area contributed by atoms with Gasteiger partial charge in [-0.3, -0.25) is 28.9 Å². The summed E-state index contributed by atoms with van der Waals surface area (Å²) >= 11 is 6.14. The average Bonchev–Trinajstić information content (AvgIpc) is 3.18. The Bertz CT molecular complexity index is 1150.